The van der Waals surface area contributed by atoms with Gasteiger partial charge in [-0.15, -0.1) is 11.3 Å². The van der Waals surface area contributed by atoms with Gasteiger partial charge >= 0.3 is 0 Å². The summed E-state index contributed by atoms with van der Waals surface area (Å²) in [5, 5.41) is 13.2. The number of ether oxygens (including phenoxy) is 1. The number of hydrogen-bond donors (Lipinski definition) is 1. The second-order valence-electron chi connectivity index (χ2n) is 7.81. The molecule has 2 aromatic rings. The van der Waals surface area contributed by atoms with Gasteiger partial charge in [0.2, 0.25) is 0 Å². The molecule has 0 saturated carbocycles. The molecule has 0 aliphatic heterocycles. The summed E-state index contributed by atoms with van der Waals surface area (Å²) in [5.41, 5.74) is 2.53. The van der Waals surface area contributed by atoms with Crippen molar-refractivity contribution in [2.75, 3.05) is 12.4 Å². The lowest BCUT2D eigenvalue weighted by Crippen LogP contribution is -2.26. The topological polar surface area (TPSA) is 62.1 Å². The summed E-state index contributed by atoms with van der Waals surface area (Å²) in [5.74, 6) is 1.02. The van der Waals surface area contributed by atoms with E-state index in [2.05, 4.69) is 32.2 Å². The number of carbonyl (C=O) groups excluding carboxylic acids is 1. The number of nitrogens with one attached hydrogen (secondary N) is 1. The lowest BCUT2D eigenvalue weighted by atomic mass is 9.72. The molecule has 5 heteroatoms. The number of carbonyl (C=O) groups is 1. The van der Waals surface area contributed by atoms with Crippen LogP contribution in [0.5, 0.6) is 5.75 Å². The van der Waals surface area contributed by atoms with Gasteiger partial charge in [-0.25, -0.2) is 0 Å². The fourth-order valence-corrected chi connectivity index (χ4v) is 4.74. The van der Waals surface area contributed by atoms with E-state index in [-0.39, 0.29) is 11.3 Å². The van der Waals surface area contributed by atoms with Crippen molar-refractivity contribution in [1.82, 2.24) is 0 Å². The first-order valence-corrected chi connectivity index (χ1v) is 9.65. The van der Waals surface area contributed by atoms with Gasteiger partial charge in [-0.3, -0.25) is 4.79 Å². The zero-order chi connectivity index (χ0) is 18.9. The van der Waals surface area contributed by atoms with Gasteiger partial charge in [-0.1, -0.05) is 26.8 Å². The van der Waals surface area contributed by atoms with Gasteiger partial charge in [0.05, 0.1) is 12.7 Å². The molecule has 0 spiro atoms. The zero-order valence-corrected chi connectivity index (χ0v) is 16.5. The smallest absolute Gasteiger partial charge is 0.256 e. The second kappa shape index (κ2) is 7.13. The number of nitriles is 1. The SMILES string of the molecule is COc1cccc(C(=O)Nc2sc3c(c2C#N)CCC(C(C)(C)C)C3)c1. The van der Waals surface area contributed by atoms with Gasteiger partial charge in [0.15, 0.2) is 0 Å². The molecule has 1 heterocycles. The molecule has 4 nitrogen and oxygen atoms in total. The van der Waals surface area contributed by atoms with Crippen molar-refractivity contribution in [3.05, 3.63) is 45.8 Å². The van der Waals surface area contributed by atoms with Crippen LogP contribution in [-0.4, -0.2) is 13.0 Å². The first kappa shape index (κ1) is 18.5. The molecular formula is C21H24N2O2S. The minimum absolute atomic E-state index is 0.216. The Morgan fingerprint density at radius 1 is 1.38 bits per heavy atom. The molecule has 1 aromatic carbocycles. The van der Waals surface area contributed by atoms with Crippen LogP contribution in [0.1, 0.15) is 53.6 Å². The third-order valence-electron chi connectivity index (χ3n) is 5.16. The van der Waals surface area contributed by atoms with Crippen LogP contribution in [0.25, 0.3) is 0 Å². The van der Waals surface area contributed by atoms with E-state index in [1.165, 1.54) is 4.88 Å². The van der Waals surface area contributed by atoms with Crippen LogP contribution in [0.15, 0.2) is 24.3 Å². The van der Waals surface area contributed by atoms with Crippen molar-refractivity contribution in [1.29, 1.82) is 5.26 Å². The van der Waals surface area contributed by atoms with Crippen LogP contribution < -0.4 is 10.1 Å². The highest BCUT2D eigenvalue weighted by Gasteiger charge is 2.32. The standard InChI is InChI=1S/C21H24N2O2S/c1-21(2,3)14-8-9-16-17(12-22)20(26-18(16)11-14)23-19(24)13-6-5-7-15(10-13)25-4/h5-7,10,14H,8-9,11H2,1-4H3,(H,23,24). The van der Waals surface area contributed by atoms with Crippen LogP contribution >= 0.6 is 11.3 Å². The van der Waals surface area contributed by atoms with E-state index in [1.807, 2.05) is 0 Å². The average molecular weight is 369 g/mol. The Morgan fingerprint density at radius 3 is 2.81 bits per heavy atom. The van der Waals surface area contributed by atoms with Crippen molar-refractivity contribution >= 4 is 22.2 Å². The molecule has 1 N–H and O–H groups in total. The van der Waals surface area contributed by atoms with Crippen molar-refractivity contribution in [3.63, 3.8) is 0 Å². The van der Waals surface area contributed by atoms with E-state index < -0.39 is 0 Å². The van der Waals surface area contributed by atoms with E-state index in [1.54, 1.807) is 42.7 Å². The van der Waals surface area contributed by atoms with Crippen molar-refractivity contribution in [3.8, 4) is 11.8 Å². The summed E-state index contributed by atoms with van der Waals surface area (Å²) in [6.07, 6.45) is 2.98. The van der Waals surface area contributed by atoms with Gasteiger partial charge in [0, 0.05) is 10.4 Å². The molecule has 1 aliphatic rings. The summed E-state index contributed by atoms with van der Waals surface area (Å²) < 4.78 is 5.18. The van der Waals surface area contributed by atoms with Crippen LogP contribution in [0.4, 0.5) is 5.00 Å². The van der Waals surface area contributed by atoms with Gasteiger partial charge < -0.3 is 10.1 Å². The largest absolute Gasteiger partial charge is 0.497 e. The summed E-state index contributed by atoms with van der Waals surface area (Å²) in [4.78, 5) is 13.9. The number of nitrogens with zero attached hydrogens (tertiary/aromatic N) is 1. The molecule has 3 rings (SSSR count). The average Bonchev–Trinajstić information content (AvgIpc) is 2.97. The summed E-state index contributed by atoms with van der Waals surface area (Å²) >= 11 is 1.55. The number of thiophene rings is 1. The fraction of sp³-hybridized carbons (Fsp3) is 0.429. The molecule has 136 valence electrons. The summed E-state index contributed by atoms with van der Waals surface area (Å²) in [6, 6.07) is 9.33. The Kier molecular flexibility index (Phi) is 5.06. The number of anilines is 1. The highest BCUT2D eigenvalue weighted by Crippen LogP contribution is 2.44. The quantitative estimate of drug-likeness (QED) is 0.826. The van der Waals surface area contributed by atoms with Gasteiger partial charge in [0.25, 0.3) is 5.91 Å². The number of amides is 1. The molecule has 26 heavy (non-hydrogen) atoms. The monoisotopic (exact) mass is 368 g/mol. The van der Waals surface area contributed by atoms with Gasteiger partial charge in [-0.2, -0.15) is 5.26 Å². The van der Waals surface area contributed by atoms with E-state index in [0.717, 1.165) is 24.8 Å². The predicted octanol–water partition coefficient (Wildman–Crippen LogP) is 5.03. The molecule has 0 saturated heterocycles. The maximum Gasteiger partial charge on any atom is 0.256 e. The Balaban J connectivity index is 1.86. The molecule has 1 amide bonds. The lowest BCUT2D eigenvalue weighted by Gasteiger charge is -2.33. The summed E-state index contributed by atoms with van der Waals surface area (Å²) in [6.45, 7) is 6.81. The van der Waals surface area contributed by atoms with E-state index in [9.17, 15) is 10.1 Å². The van der Waals surface area contributed by atoms with Crippen LogP contribution in [0, 0.1) is 22.7 Å². The number of methoxy groups -OCH3 is 1. The Hall–Kier alpha value is -2.32. The number of rotatable bonds is 3. The Bertz CT molecular complexity index is 871. The zero-order valence-electron chi connectivity index (χ0n) is 15.7. The molecule has 1 unspecified atom stereocenters. The third kappa shape index (κ3) is 3.61. The van der Waals surface area contributed by atoms with Crippen molar-refractivity contribution in [2.45, 2.75) is 40.0 Å². The minimum Gasteiger partial charge on any atom is -0.497 e. The number of benzene rings is 1. The third-order valence-corrected chi connectivity index (χ3v) is 6.33. The van der Waals surface area contributed by atoms with E-state index >= 15 is 0 Å². The summed E-state index contributed by atoms with van der Waals surface area (Å²) in [7, 11) is 1.57. The second-order valence-corrected chi connectivity index (χ2v) is 8.92. The van der Waals surface area contributed by atoms with Crippen LogP contribution in [0.3, 0.4) is 0 Å². The van der Waals surface area contributed by atoms with E-state index in [0.29, 0.717) is 27.8 Å². The maximum atomic E-state index is 12.6. The van der Waals surface area contributed by atoms with Gasteiger partial charge in [0.1, 0.15) is 16.8 Å². The minimum atomic E-state index is -0.216. The molecule has 1 aromatic heterocycles. The van der Waals surface area contributed by atoms with Crippen LogP contribution in [0.2, 0.25) is 0 Å². The molecular weight excluding hydrogens is 344 g/mol. The van der Waals surface area contributed by atoms with Crippen LogP contribution in [-0.2, 0) is 12.8 Å². The van der Waals surface area contributed by atoms with Gasteiger partial charge in [-0.05, 0) is 54.4 Å². The number of hydrogen-bond acceptors (Lipinski definition) is 4. The molecule has 0 bridgehead atoms. The molecule has 1 atom stereocenters. The first-order valence-electron chi connectivity index (χ1n) is 8.83. The Labute approximate surface area is 158 Å². The Morgan fingerprint density at radius 2 is 2.15 bits per heavy atom. The predicted molar refractivity (Wildman–Crippen MR) is 105 cm³/mol. The molecule has 1 aliphatic carbocycles. The molecule has 0 fully saturated rings. The highest BCUT2D eigenvalue weighted by molar-refractivity contribution is 7.16. The van der Waals surface area contributed by atoms with Crippen molar-refractivity contribution in [2.24, 2.45) is 11.3 Å². The fourth-order valence-electron chi connectivity index (χ4n) is 3.47. The number of fused-ring (bicyclic) bond motifs is 1. The maximum absolute atomic E-state index is 12.6. The first-order chi connectivity index (χ1) is 12.3. The normalized spacial score (nSPS) is 16.5. The molecule has 0 radical (unpaired) electrons. The highest BCUT2D eigenvalue weighted by atomic mass is 32.1. The van der Waals surface area contributed by atoms with E-state index in [4.69, 9.17) is 4.74 Å². The lowest BCUT2D eigenvalue weighted by molar-refractivity contribution is 0.102. The van der Waals surface area contributed by atoms with Crippen molar-refractivity contribution < 1.29 is 9.53 Å².